The van der Waals surface area contributed by atoms with Gasteiger partial charge in [0, 0.05) is 5.02 Å². The second-order valence-electron chi connectivity index (χ2n) is 2.65. The molecule has 1 aromatic rings. The summed E-state index contributed by atoms with van der Waals surface area (Å²) in [6, 6.07) is 5.38. The summed E-state index contributed by atoms with van der Waals surface area (Å²) in [6.45, 7) is 5.36. The molecule has 0 aliphatic carbocycles. The second kappa shape index (κ2) is 3.74. The summed E-state index contributed by atoms with van der Waals surface area (Å²) in [6.07, 6.45) is 1.20. The fourth-order valence-corrected chi connectivity index (χ4v) is 1.27. The molecule has 0 aliphatic rings. The smallest absolute Gasteiger partial charge is 0.0768 e. The number of benzene rings is 1. The summed E-state index contributed by atoms with van der Waals surface area (Å²) in [5.41, 5.74) is 1.74. The molecule has 0 saturated carbocycles. The average Bonchev–Trinajstić information content (AvgIpc) is 2.04. The van der Waals surface area contributed by atoms with Crippen molar-refractivity contribution in [1.29, 1.82) is 0 Å². The molecular formula is C10H11ClO. The van der Waals surface area contributed by atoms with Gasteiger partial charge in [-0.05, 0) is 30.2 Å². The number of hydrogen-bond acceptors (Lipinski definition) is 1. The molecule has 2 heteroatoms. The SMILES string of the molecule is C=Cc1ccc(Cl)cc1C(C)O. The van der Waals surface area contributed by atoms with Crippen molar-refractivity contribution in [1.82, 2.24) is 0 Å². The summed E-state index contributed by atoms with van der Waals surface area (Å²) in [7, 11) is 0. The van der Waals surface area contributed by atoms with Crippen molar-refractivity contribution in [2.75, 3.05) is 0 Å². The zero-order valence-electron chi connectivity index (χ0n) is 6.92. The highest BCUT2D eigenvalue weighted by atomic mass is 35.5. The van der Waals surface area contributed by atoms with Gasteiger partial charge in [-0.3, -0.25) is 0 Å². The standard InChI is InChI=1S/C10H11ClO/c1-3-8-4-5-9(11)6-10(8)7(2)12/h3-7,12H,1H2,2H3. The Morgan fingerprint density at radius 2 is 2.25 bits per heavy atom. The predicted molar refractivity (Wildman–Crippen MR) is 52.2 cm³/mol. The van der Waals surface area contributed by atoms with E-state index in [1.54, 1.807) is 25.1 Å². The molecular weight excluding hydrogens is 172 g/mol. The lowest BCUT2D eigenvalue weighted by molar-refractivity contribution is 0.199. The Balaban J connectivity index is 3.21. The van der Waals surface area contributed by atoms with Crippen LogP contribution in [-0.4, -0.2) is 5.11 Å². The molecule has 0 radical (unpaired) electrons. The van der Waals surface area contributed by atoms with E-state index in [2.05, 4.69) is 6.58 Å². The van der Waals surface area contributed by atoms with Crippen LogP contribution in [0, 0.1) is 0 Å². The topological polar surface area (TPSA) is 20.2 Å². The van der Waals surface area contributed by atoms with Gasteiger partial charge in [0.2, 0.25) is 0 Å². The largest absolute Gasteiger partial charge is 0.389 e. The number of hydrogen-bond donors (Lipinski definition) is 1. The van der Waals surface area contributed by atoms with E-state index < -0.39 is 6.10 Å². The minimum Gasteiger partial charge on any atom is -0.389 e. The molecule has 1 rings (SSSR count). The third-order valence-corrected chi connectivity index (χ3v) is 1.95. The van der Waals surface area contributed by atoms with Crippen molar-refractivity contribution in [3.8, 4) is 0 Å². The first-order valence-corrected chi connectivity index (χ1v) is 4.13. The minimum atomic E-state index is -0.503. The molecule has 1 atom stereocenters. The van der Waals surface area contributed by atoms with Gasteiger partial charge in [0.05, 0.1) is 6.10 Å². The van der Waals surface area contributed by atoms with E-state index in [1.165, 1.54) is 0 Å². The summed E-state index contributed by atoms with van der Waals surface area (Å²) < 4.78 is 0. The molecule has 12 heavy (non-hydrogen) atoms. The molecule has 0 fully saturated rings. The maximum atomic E-state index is 9.35. The number of aliphatic hydroxyl groups is 1. The van der Waals surface area contributed by atoms with E-state index in [0.717, 1.165) is 11.1 Å². The Labute approximate surface area is 77.3 Å². The molecule has 1 nitrogen and oxygen atoms in total. The lowest BCUT2D eigenvalue weighted by atomic mass is 10.0. The van der Waals surface area contributed by atoms with Gasteiger partial charge in [-0.1, -0.05) is 30.3 Å². The van der Waals surface area contributed by atoms with Crippen LogP contribution in [0.25, 0.3) is 6.08 Å². The minimum absolute atomic E-state index is 0.503. The summed E-state index contributed by atoms with van der Waals surface area (Å²) >= 11 is 5.77. The zero-order chi connectivity index (χ0) is 9.14. The first kappa shape index (κ1) is 9.30. The average molecular weight is 183 g/mol. The van der Waals surface area contributed by atoms with Gasteiger partial charge in [0.15, 0.2) is 0 Å². The van der Waals surface area contributed by atoms with Gasteiger partial charge in [0.1, 0.15) is 0 Å². The van der Waals surface area contributed by atoms with E-state index >= 15 is 0 Å². The van der Waals surface area contributed by atoms with E-state index in [0.29, 0.717) is 5.02 Å². The van der Waals surface area contributed by atoms with E-state index in [-0.39, 0.29) is 0 Å². The molecule has 0 heterocycles. The van der Waals surface area contributed by atoms with Gasteiger partial charge in [0.25, 0.3) is 0 Å². The Morgan fingerprint density at radius 3 is 2.75 bits per heavy atom. The van der Waals surface area contributed by atoms with Crippen LogP contribution in [0.2, 0.25) is 5.02 Å². The fraction of sp³-hybridized carbons (Fsp3) is 0.200. The fourth-order valence-electron chi connectivity index (χ4n) is 1.09. The molecule has 0 amide bonds. The maximum absolute atomic E-state index is 9.35. The van der Waals surface area contributed by atoms with Crippen LogP contribution in [-0.2, 0) is 0 Å². The highest BCUT2D eigenvalue weighted by molar-refractivity contribution is 6.30. The van der Waals surface area contributed by atoms with Crippen molar-refractivity contribution in [3.63, 3.8) is 0 Å². The van der Waals surface area contributed by atoms with Gasteiger partial charge >= 0.3 is 0 Å². The lowest BCUT2D eigenvalue weighted by Gasteiger charge is -2.08. The number of halogens is 1. The first-order chi connectivity index (χ1) is 5.65. The zero-order valence-corrected chi connectivity index (χ0v) is 7.67. The predicted octanol–water partition coefficient (Wildman–Crippen LogP) is 3.04. The quantitative estimate of drug-likeness (QED) is 0.746. The van der Waals surface area contributed by atoms with Gasteiger partial charge in [-0.2, -0.15) is 0 Å². The molecule has 0 aromatic heterocycles. The third kappa shape index (κ3) is 1.87. The Morgan fingerprint density at radius 1 is 1.58 bits per heavy atom. The molecule has 0 bridgehead atoms. The van der Waals surface area contributed by atoms with Gasteiger partial charge in [-0.25, -0.2) is 0 Å². The van der Waals surface area contributed by atoms with Crippen LogP contribution in [0.4, 0.5) is 0 Å². The van der Waals surface area contributed by atoms with Crippen molar-refractivity contribution in [2.24, 2.45) is 0 Å². The molecule has 1 N–H and O–H groups in total. The summed E-state index contributed by atoms with van der Waals surface area (Å²) in [5, 5.41) is 9.99. The monoisotopic (exact) mass is 182 g/mol. The normalized spacial score (nSPS) is 12.6. The van der Waals surface area contributed by atoms with E-state index in [9.17, 15) is 5.11 Å². The van der Waals surface area contributed by atoms with Crippen molar-refractivity contribution < 1.29 is 5.11 Å². The molecule has 0 saturated heterocycles. The second-order valence-corrected chi connectivity index (χ2v) is 3.09. The molecule has 0 spiro atoms. The van der Waals surface area contributed by atoms with Gasteiger partial charge in [-0.15, -0.1) is 0 Å². The van der Waals surface area contributed by atoms with Crippen LogP contribution in [0.15, 0.2) is 24.8 Å². The van der Waals surface area contributed by atoms with Crippen molar-refractivity contribution in [2.45, 2.75) is 13.0 Å². The van der Waals surface area contributed by atoms with Gasteiger partial charge < -0.3 is 5.11 Å². The third-order valence-electron chi connectivity index (χ3n) is 1.72. The summed E-state index contributed by atoms with van der Waals surface area (Å²) in [4.78, 5) is 0. The summed E-state index contributed by atoms with van der Waals surface area (Å²) in [5.74, 6) is 0. The van der Waals surface area contributed by atoms with Crippen LogP contribution in [0.5, 0.6) is 0 Å². The van der Waals surface area contributed by atoms with E-state index in [4.69, 9.17) is 11.6 Å². The Bertz CT molecular complexity index is 292. The molecule has 1 aromatic carbocycles. The Kier molecular flexibility index (Phi) is 2.90. The first-order valence-electron chi connectivity index (χ1n) is 3.75. The van der Waals surface area contributed by atoms with Crippen LogP contribution < -0.4 is 0 Å². The maximum Gasteiger partial charge on any atom is 0.0768 e. The number of aliphatic hydroxyl groups excluding tert-OH is 1. The van der Waals surface area contributed by atoms with E-state index in [1.807, 2.05) is 6.07 Å². The highest BCUT2D eigenvalue weighted by Gasteiger charge is 2.05. The van der Waals surface area contributed by atoms with Crippen molar-refractivity contribution in [3.05, 3.63) is 40.9 Å². The van der Waals surface area contributed by atoms with Crippen LogP contribution in [0.3, 0.4) is 0 Å². The number of rotatable bonds is 2. The van der Waals surface area contributed by atoms with Crippen LogP contribution in [0.1, 0.15) is 24.2 Å². The Hall–Kier alpha value is -0.790. The molecule has 1 unspecified atom stereocenters. The lowest BCUT2D eigenvalue weighted by Crippen LogP contribution is -1.94. The van der Waals surface area contributed by atoms with Crippen LogP contribution >= 0.6 is 11.6 Å². The molecule has 64 valence electrons. The molecule has 0 aliphatic heterocycles. The van der Waals surface area contributed by atoms with Crippen molar-refractivity contribution >= 4 is 17.7 Å². The highest BCUT2D eigenvalue weighted by Crippen LogP contribution is 2.22.